The monoisotopic (exact) mass is 297 g/mol. The lowest BCUT2D eigenvalue weighted by Gasteiger charge is -2.29. The molecular weight excluding hydrogens is 277 g/mol. The zero-order valence-corrected chi connectivity index (χ0v) is 11.7. The number of benzene rings is 1. The van der Waals surface area contributed by atoms with Gasteiger partial charge < -0.3 is 20.3 Å². The lowest BCUT2D eigenvalue weighted by Crippen LogP contribution is -2.38. The van der Waals surface area contributed by atoms with Gasteiger partial charge in [-0.1, -0.05) is 18.2 Å². The van der Waals surface area contributed by atoms with Crippen molar-refractivity contribution in [3.63, 3.8) is 0 Å². The van der Waals surface area contributed by atoms with Crippen LogP contribution in [0.5, 0.6) is 0 Å². The molecule has 0 radical (unpaired) electrons. The first-order valence-corrected chi connectivity index (χ1v) is 7.10. The van der Waals surface area contributed by atoms with Gasteiger partial charge in [0.15, 0.2) is 0 Å². The SMILES string of the molecule is O=C(O)NC1CCC(OC[C@@H](O)c2ccccc2F)CC1. The van der Waals surface area contributed by atoms with Gasteiger partial charge in [0.1, 0.15) is 11.9 Å². The lowest BCUT2D eigenvalue weighted by molar-refractivity contribution is -0.0284. The van der Waals surface area contributed by atoms with Crippen molar-refractivity contribution in [2.45, 2.75) is 43.9 Å². The number of carbonyl (C=O) groups is 1. The molecule has 1 aromatic carbocycles. The number of carboxylic acid groups (broad SMARTS) is 1. The van der Waals surface area contributed by atoms with Crippen LogP contribution in [-0.2, 0) is 4.74 Å². The average Bonchev–Trinajstić information content (AvgIpc) is 2.46. The molecule has 0 spiro atoms. The number of nitrogens with one attached hydrogen (secondary N) is 1. The van der Waals surface area contributed by atoms with Gasteiger partial charge in [0, 0.05) is 11.6 Å². The van der Waals surface area contributed by atoms with Crippen LogP contribution in [0.1, 0.15) is 37.4 Å². The largest absolute Gasteiger partial charge is 0.465 e. The maximum Gasteiger partial charge on any atom is 0.404 e. The van der Waals surface area contributed by atoms with E-state index < -0.39 is 18.0 Å². The van der Waals surface area contributed by atoms with Crippen molar-refractivity contribution in [1.82, 2.24) is 5.32 Å². The highest BCUT2D eigenvalue weighted by molar-refractivity contribution is 5.64. The highest BCUT2D eigenvalue weighted by atomic mass is 19.1. The van der Waals surface area contributed by atoms with Gasteiger partial charge in [-0.05, 0) is 31.7 Å². The van der Waals surface area contributed by atoms with Crippen LogP contribution in [0.3, 0.4) is 0 Å². The molecule has 1 atom stereocenters. The predicted octanol–water partition coefficient (Wildman–Crippen LogP) is 2.45. The molecule has 1 saturated carbocycles. The third kappa shape index (κ3) is 4.68. The minimum atomic E-state index is -1.01. The Morgan fingerprint density at radius 2 is 2.00 bits per heavy atom. The number of aliphatic hydroxyl groups excluding tert-OH is 1. The van der Waals surface area contributed by atoms with Crippen LogP contribution in [0.15, 0.2) is 24.3 Å². The maximum atomic E-state index is 13.5. The van der Waals surface area contributed by atoms with Crippen LogP contribution in [-0.4, -0.2) is 35.1 Å². The van der Waals surface area contributed by atoms with Crippen molar-refractivity contribution in [2.75, 3.05) is 6.61 Å². The molecule has 0 bridgehead atoms. The maximum absolute atomic E-state index is 13.5. The number of rotatable bonds is 5. The van der Waals surface area contributed by atoms with Gasteiger partial charge in [0.05, 0.1) is 12.7 Å². The normalized spacial score (nSPS) is 23.5. The number of ether oxygens (including phenoxy) is 1. The van der Waals surface area contributed by atoms with Gasteiger partial charge in [-0.15, -0.1) is 0 Å². The summed E-state index contributed by atoms with van der Waals surface area (Å²) in [5.74, 6) is -0.442. The number of hydrogen-bond acceptors (Lipinski definition) is 3. The number of hydrogen-bond donors (Lipinski definition) is 3. The Kier molecular flexibility index (Phi) is 5.52. The summed E-state index contributed by atoms with van der Waals surface area (Å²) in [5.41, 5.74) is 0.235. The van der Waals surface area contributed by atoms with Crippen molar-refractivity contribution in [1.29, 1.82) is 0 Å². The Morgan fingerprint density at radius 3 is 2.62 bits per heavy atom. The molecule has 1 aliphatic rings. The first-order chi connectivity index (χ1) is 10.1. The molecule has 1 amide bonds. The molecule has 6 heteroatoms. The Bertz CT molecular complexity index is 474. The van der Waals surface area contributed by atoms with E-state index in [0.29, 0.717) is 12.8 Å². The minimum absolute atomic E-state index is 0.0155. The summed E-state index contributed by atoms with van der Waals surface area (Å²) in [5, 5.41) is 21.1. The molecule has 1 aromatic rings. The molecule has 21 heavy (non-hydrogen) atoms. The number of halogens is 1. The molecule has 0 unspecified atom stereocenters. The molecule has 3 N–H and O–H groups in total. The molecule has 0 saturated heterocycles. The molecule has 1 aliphatic carbocycles. The van der Waals surface area contributed by atoms with Gasteiger partial charge in [0.25, 0.3) is 0 Å². The summed E-state index contributed by atoms with van der Waals surface area (Å²) >= 11 is 0. The zero-order valence-electron chi connectivity index (χ0n) is 11.7. The van der Waals surface area contributed by atoms with Crippen molar-refractivity contribution >= 4 is 6.09 Å². The fourth-order valence-electron chi connectivity index (χ4n) is 2.61. The van der Waals surface area contributed by atoms with Gasteiger partial charge in [0.2, 0.25) is 0 Å². The molecule has 5 nitrogen and oxygen atoms in total. The van der Waals surface area contributed by atoms with E-state index in [1.165, 1.54) is 12.1 Å². The summed E-state index contributed by atoms with van der Waals surface area (Å²) in [6, 6.07) is 6.06. The second kappa shape index (κ2) is 7.38. The smallest absolute Gasteiger partial charge is 0.404 e. The molecule has 1 fully saturated rings. The lowest BCUT2D eigenvalue weighted by atomic mass is 9.93. The van der Waals surface area contributed by atoms with Gasteiger partial charge >= 0.3 is 6.09 Å². The van der Waals surface area contributed by atoms with E-state index in [-0.39, 0.29) is 24.3 Å². The molecule has 0 heterocycles. The Balaban J connectivity index is 1.75. The van der Waals surface area contributed by atoms with Crippen LogP contribution < -0.4 is 5.32 Å². The third-order valence-electron chi connectivity index (χ3n) is 3.76. The second-order valence-electron chi connectivity index (χ2n) is 5.29. The quantitative estimate of drug-likeness (QED) is 0.780. The van der Waals surface area contributed by atoms with Crippen molar-refractivity contribution < 1.29 is 24.1 Å². The fraction of sp³-hybridized carbons (Fsp3) is 0.533. The highest BCUT2D eigenvalue weighted by Gasteiger charge is 2.23. The van der Waals surface area contributed by atoms with E-state index >= 15 is 0 Å². The van der Waals surface area contributed by atoms with Crippen LogP contribution >= 0.6 is 0 Å². The highest BCUT2D eigenvalue weighted by Crippen LogP contribution is 2.23. The van der Waals surface area contributed by atoms with E-state index in [9.17, 15) is 14.3 Å². The molecular formula is C15H20FNO4. The molecule has 0 aromatic heterocycles. The van der Waals surface area contributed by atoms with E-state index in [1.807, 2.05) is 0 Å². The van der Waals surface area contributed by atoms with Crippen molar-refractivity contribution in [2.24, 2.45) is 0 Å². The van der Waals surface area contributed by atoms with Gasteiger partial charge in [-0.25, -0.2) is 9.18 Å². The van der Waals surface area contributed by atoms with Crippen molar-refractivity contribution in [3.05, 3.63) is 35.6 Å². The van der Waals surface area contributed by atoms with Gasteiger partial charge in [-0.3, -0.25) is 0 Å². The summed E-state index contributed by atoms with van der Waals surface area (Å²) in [4.78, 5) is 10.5. The average molecular weight is 297 g/mol. The summed E-state index contributed by atoms with van der Waals surface area (Å²) in [7, 11) is 0. The van der Waals surface area contributed by atoms with E-state index in [2.05, 4.69) is 5.32 Å². The summed E-state index contributed by atoms with van der Waals surface area (Å²) in [6.07, 6.45) is 0.886. The first-order valence-electron chi connectivity index (χ1n) is 7.10. The zero-order chi connectivity index (χ0) is 15.2. The molecule has 2 rings (SSSR count). The standard InChI is InChI=1S/C15H20FNO4/c16-13-4-2-1-3-12(13)14(18)9-21-11-7-5-10(6-8-11)17-15(19)20/h1-4,10-11,14,17-18H,5-9H2,(H,19,20)/t10?,11?,14-/m1/s1. The topological polar surface area (TPSA) is 78.8 Å². The van der Waals surface area contributed by atoms with Gasteiger partial charge in [-0.2, -0.15) is 0 Å². The predicted molar refractivity (Wildman–Crippen MR) is 74.5 cm³/mol. The summed E-state index contributed by atoms with van der Waals surface area (Å²) < 4.78 is 19.1. The van der Waals surface area contributed by atoms with E-state index in [1.54, 1.807) is 12.1 Å². The van der Waals surface area contributed by atoms with Crippen LogP contribution in [0.2, 0.25) is 0 Å². The van der Waals surface area contributed by atoms with E-state index in [0.717, 1.165) is 12.8 Å². The minimum Gasteiger partial charge on any atom is -0.465 e. The molecule has 116 valence electrons. The summed E-state index contributed by atoms with van der Waals surface area (Å²) in [6.45, 7) is 0.0443. The number of aliphatic hydroxyl groups is 1. The van der Waals surface area contributed by atoms with Crippen LogP contribution in [0.25, 0.3) is 0 Å². The van der Waals surface area contributed by atoms with Crippen LogP contribution in [0.4, 0.5) is 9.18 Å². The van der Waals surface area contributed by atoms with E-state index in [4.69, 9.17) is 9.84 Å². The fourth-order valence-corrected chi connectivity index (χ4v) is 2.61. The van der Waals surface area contributed by atoms with Crippen LogP contribution in [0, 0.1) is 5.82 Å². The number of amides is 1. The second-order valence-corrected chi connectivity index (χ2v) is 5.29. The Labute approximate surface area is 122 Å². The van der Waals surface area contributed by atoms with Crippen molar-refractivity contribution in [3.8, 4) is 0 Å². The molecule has 0 aliphatic heterocycles. The Hall–Kier alpha value is -1.66. The first kappa shape index (κ1) is 15.7. The third-order valence-corrected chi connectivity index (χ3v) is 3.76. The Morgan fingerprint density at radius 1 is 1.33 bits per heavy atom.